The first kappa shape index (κ1) is 15.8. The number of hydrogen-bond donors (Lipinski definition) is 1. The Hall–Kier alpha value is -3.67. The molecule has 0 aliphatic rings. The molecular formula is C20H15N5O. The highest BCUT2D eigenvalue weighted by molar-refractivity contribution is 5.79. The Morgan fingerprint density at radius 1 is 0.846 bits per heavy atom. The summed E-state index contributed by atoms with van der Waals surface area (Å²) in [6, 6.07) is 15.3. The second-order valence-corrected chi connectivity index (χ2v) is 5.73. The topological polar surface area (TPSA) is 84.4 Å². The summed E-state index contributed by atoms with van der Waals surface area (Å²) in [5.41, 5.74) is 3.49. The summed E-state index contributed by atoms with van der Waals surface area (Å²) in [7, 11) is 0. The van der Waals surface area contributed by atoms with E-state index in [9.17, 15) is 4.79 Å². The molecule has 3 heterocycles. The molecular weight excluding hydrogens is 326 g/mol. The molecule has 1 N–H and O–H groups in total. The number of nitrogens with one attached hydrogen (secondary N) is 1. The van der Waals surface area contributed by atoms with E-state index in [1.54, 1.807) is 30.9 Å². The molecule has 6 nitrogen and oxygen atoms in total. The van der Waals surface area contributed by atoms with E-state index in [-0.39, 0.29) is 5.56 Å². The number of benzene rings is 1. The second-order valence-electron chi connectivity index (χ2n) is 5.73. The maximum Gasteiger partial charge on any atom is 0.268 e. The van der Waals surface area contributed by atoms with Gasteiger partial charge >= 0.3 is 0 Å². The lowest BCUT2D eigenvalue weighted by Gasteiger charge is -2.12. The number of aromatic nitrogens is 5. The minimum Gasteiger partial charge on any atom is -0.268 e. The Morgan fingerprint density at radius 2 is 1.58 bits per heavy atom. The van der Waals surface area contributed by atoms with Crippen molar-refractivity contribution in [3.05, 3.63) is 94.8 Å². The fourth-order valence-corrected chi connectivity index (χ4v) is 2.84. The van der Waals surface area contributed by atoms with Crippen molar-refractivity contribution in [1.29, 1.82) is 0 Å². The molecule has 0 fully saturated rings. The molecule has 3 aromatic heterocycles. The zero-order valence-corrected chi connectivity index (χ0v) is 13.8. The van der Waals surface area contributed by atoms with Crippen molar-refractivity contribution in [3.63, 3.8) is 0 Å². The lowest BCUT2D eigenvalue weighted by molar-refractivity contribution is 0.950. The van der Waals surface area contributed by atoms with Gasteiger partial charge in [-0.1, -0.05) is 30.3 Å². The standard InChI is InChI=1S/C20H15N5O/c26-20-16(13-14-5-2-1-3-6-14)17(19-22-9-4-10-23-19)18(24-25-20)15-7-11-21-12-8-15/h1-12H,13H2,(H,25,26). The van der Waals surface area contributed by atoms with Crippen LogP contribution in [0.25, 0.3) is 22.6 Å². The van der Waals surface area contributed by atoms with Crippen LogP contribution in [0.1, 0.15) is 11.1 Å². The van der Waals surface area contributed by atoms with Crippen LogP contribution < -0.4 is 5.56 Å². The third kappa shape index (κ3) is 3.12. The Morgan fingerprint density at radius 3 is 2.31 bits per heavy atom. The molecule has 0 aliphatic carbocycles. The predicted octanol–water partition coefficient (Wildman–Crippen LogP) is 2.88. The lowest BCUT2D eigenvalue weighted by Crippen LogP contribution is -2.18. The van der Waals surface area contributed by atoms with Crippen LogP contribution in [-0.2, 0) is 6.42 Å². The van der Waals surface area contributed by atoms with E-state index < -0.39 is 0 Å². The van der Waals surface area contributed by atoms with Gasteiger partial charge < -0.3 is 0 Å². The second kappa shape index (κ2) is 7.06. The van der Waals surface area contributed by atoms with Gasteiger partial charge in [0, 0.05) is 42.3 Å². The first-order valence-electron chi connectivity index (χ1n) is 8.16. The van der Waals surface area contributed by atoms with Gasteiger partial charge in [0.05, 0.1) is 5.56 Å². The Balaban J connectivity index is 1.97. The molecule has 0 unspecified atom stereocenters. The average molecular weight is 341 g/mol. The van der Waals surface area contributed by atoms with Gasteiger partial charge in [0.25, 0.3) is 5.56 Å². The molecule has 0 amide bonds. The number of nitrogens with zero attached hydrogens (tertiary/aromatic N) is 4. The van der Waals surface area contributed by atoms with E-state index in [4.69, 9.17) is 0 Å². The molecule has 0 spiro atoms. The zero-order chi connectivity index (χ0) is 17.8. The van der Waals surface area contributed by atoms with Crippen molar-refractivity contribution in [2.24, 2.45) is 0 Å². The molecule has 126 valence electrons. The van der Waals surface area contributed by atoms with E-state index in [1.807, 2.05) is 42.5 Å². The van der Waals surface area contributed by atoms with E-state index >= 15 is 0 Å². The van der Waals surface area contributed by atoms with Crippen LogP contribution in [-0.4, -0.2) is 25.1 Å². The fraction of sp³-hybridized carbons (Fsp3) is 0.0500. The summed E-state index contributed by atoms with van der Waals surface area (Å²) in [4.78, 5) is 25.4. The quantitative estimate of drug-likeness (QED) is 0.617. The molecule has 0 aliphatic heterocycles. The Labute approximate surface area is 149 Å². The van der Waals surface area contributed by atoms with Gasteiger partial charge in [-0.2, -0.15) is 5.10 Å². The van der Waals surface area contributed by atoms with Crippen LogP contribution in [0.15, 0.2) is 78.1 Å². The highest BCUT2D eigenvalue weighted by Gasteiger charge is 2.19. The van der Waals surface area contributed by atoms with Gasteiger partial charge in [-0.25, -0.2) is 15.1 Å². The van der Waals surface area contributed by atoms with Crippen LogP contribution >= 0.6 is 0 Å². The highest BCUT2D eigenvalue weighted by Crippen LogP contribution is 2.29. The molecule has 6 heteroatoms. The van der Waals surface area contributed by atoms with Crippen molar-refractivity contribution < 1.29 is 0 Å². The fourth-order valence-electron chi connectivity index (χ4n) is 2.84. The number of hydrogen-bond acceptors (Lipinski definition) is 5. The maximum atomic E-state index is 12.6. The van der Waals surface area contributed by atoms with Gasteiger partial charge in [0.15, 0.2) is 5.82 Å². The van der Waals surface area contributed by atoms with Crippen LogP contribution in [0, 0.1) is 0 Å². The first-order valence-corrected chi connectivity index (χ1v) is 8.16. The summed E-state index contributed by atoms with van der Waals surface area (Å²) in [5.74, 6) is 0.476. The summed E-state index contributed by atoms with van der Waals surface area (Å²) in [6.07, 6.45) is 7.16. The molecule has 0 radical (unpaired) electrons. The number of rotatable bonds is 4. The normalized spacial score (nSPS) is 10.6. The van der Waals surface area contributed by atoms with E-state index in [0.29, 0.717) is 29.1 Å². The monoisotopic (exact) mass is 341 g/mol. The lowest BCUT2D eigenvalue weighted by atomic mass is 9.97. The summed E-state index contributed by atoms with van der Waals surface area (Å²) < 4.78 is 0. The van der Waals surface area contributed by atoms with E-state index in [1.165, 1.54) is 0 Å². The Kier molecular flexibility index (Phi) is 4.30. The smallest absolute Gasteiger partial charge is 0.268 e. The van der Waals surface area contributed by atoms with Crippen LogP contribution in [0.4, 0.5) is 0 Å². The zero-order valence-electron chi connectivity index (χ0n) is 13.8. The van der Waals surface area contributed by atoms with E-state index in [0.717, 1.165) is 11.1 Å². The molecule has 0 saturated heterocycles. The van der Waals surface area contributed by atoms with Crippen molar-refractivity contribution in [3.8, 4) is 22.6 Å². The molecule has 1 aromatic carbocycles. The summed E-state index contributed by atoms with van der Waals surface area (Å²) >= 11 is 0. The molecule has 4 rings (SSSR count). The Bertz CT molecular complexity index is 1060. The molecule has 0 saturated carbocycles. The van der Waals surface area contributed by atoms with Crippen LogP contribution in [0.5, 0.6) is 0 Å². The SMILES string of the molecule is O=c1[nH]nc(-c2ccncc2)c(-c2ncccn2)c1Cc1ccccc1. The molecule has 0 atom stereocenters. The molecule has 4 aromatic rings. The van der Waals surface area contributed by atoms with Crippen molar-refractivity contribution in [2.45, 2.75) is 6.42 Å². The van der Waals surface area contributed by atoms with Crippen molar-refractivity contribution in [2.75, 3.05) is 0 Å². The van der Waals surface area contributed by atoms with Gasteiger partial charge in [0.2, 0.25) is 0 Å². The third-order valence-electron chi connectivity index (χ3n) is 4.05. The first-order chi connectivity index (χ1) is 12.8. The van der Waals surface area contributed by atoms with Gasteiger partial charge in [0.1, 0.15) is 5.69 Å². The molecule has 0 bridgehead atoms. The van der Waals surface area contributed by atoms with E-state index in [2.05, 4.69) is 25.1 Å². The largest absolute Gasteiger partial charge is 0.268 e. The predicted molar refractivity (Wildman–Crippen MR) is 98.4 cm³/mol. The van der Waals surface area contributed by atoms with Gasteiger partial charge in [-0.05, 0) is 23.8 Å². The van der Waals surface area contributed by atoms with Crippen molar-refractivity contribution >= 4 is 0 Å². The molecule has 26 heavy (non-hydrogen) atoms. The highest BCUT2D eigenvalue weighted by atomic mass is 16.1. The third-order valence-corrected chi connectivity index (χ3v) is 4.05. The maximum absolute atomic E-state index is 12.6. The average Bonchev–Trinajstić information content (AvgIpc) is 2.71. The van der Waals surface area contributed by atoms with Gasteiger partial charge in [-0.15, -0.1) is 0 Å². The van der Waals surface area contributed by atoms with Crippen LogP contribution in [0.3, 0.4) is 0 Å². The van der Waals surface area contributed by atoms with Crippen LogP contribution in [0.2, 0.25) is 0 Å². The minimum atomic E-state index is -0.242. The minimum absolute atomic E-state index is 0.242. The summed E-state index contributed by atoms with van der Waals surface area (Å²) in [6.45, 7) is 0. The number of pyridine rings is 1. The van der Waals surface area contributed by atoms with Crippen molar-refractivity contribution in [1.82, 2.24) is 25.1 Å². The number of aromatic amines is 1. The number of H-pyrrole nitrogens is 1. The van der Waals surface area contributed by atoms with Gasteiger partial charge in [-0.3, -0.25) is 9.78 Å². The summed E-state index contributed by atoms with van der Waals surface area (Å²) in [5, 5.41) is 6.90.